The number of methoxy groups -OCH3 is 2. The summed E-state index contributed by atoms with van der Waals surface area (Å²) in [5.74, 6) is -1.83. The number of hydrogen-bond acceptors (Lipinski definition) is 5. The van der Waals surface area contributed by atoms with Gasteiger partial charge in [0.1, 0.15) is 0 Å². The fourth-order valence-electron chi connectivity index (χ4n) is 1.36. The van der Waals surface area contributed by atoms with Gasteiger partial charge < -0.3 is 9.47 Å². The molecule has 0 bridgehead atoms. The molecule has 76 valence electrons. The number of carbonyl (C=O) groups is 3. The first-order valence-corrected chi connectivity index (χ1v) is 3.95. The summed E-state index contributed by atoms with van der Waals surface area (Å²) in [6.07, 6.45) is 2.20. The smallest absolute Gasteiger partial charge is 0.327 e. The molecule has 0 aliphatic heterocycles. The summed E-state index contributed by atoms with van der Waals surface area (Å²) < 4.78 is 8.93. The molecule has 0 radical (unpaired) electrons. The maximum absolute atomic E-state index is 11.4. The van der Waals surface area contributed by atoms with E-state index in [9.17, 15) is 14.4 Å². The Kier molecular flexibility index (Phi) is 2.69. The largest absolute Gasteiger partial charge is 0.468 e. The van der Waals surface area contributed by atoms with Crippen LogP contribution in [0.15, 0.2) is 12.2 Å². The predicted molar refractivity (Wildman–Crippen MR) is 45.2 cm³/mol. The van der Waals surface area contributed by atoms with Gasteiger partial charge in [0.2, 0.25) is 0 Å². The Morgan fingerprint density at radius 3 is 2.07 bits per heavy atom. The quantitative estimate of drug-likeness (QED) is 0.455. The maximum atomic E-state index is 11.4. The van der Waals surface area contributed by atoms with Crippen LogP contribution < -0.4 is 0 Å². The minimum absolute atomic E-state index is 0.216. The average molecular weight is 198 g/mol. The van der Waals surface area contributed by atoms with Gasteiger partial charge in [0, 0.05) is 6.42 Å². The van der Waals surface area contributed by atoms with Crippen molar-refractivity contribution >= 4 is 17.7 Å². The maximum Gasteiger partial charge on any atom is 0.327 e. The number of esters is 2. The third-order valence-corrected chi connectivity index (χ3v) is 2.11. The summed E-state index contributed by atoms with van der Waals surface area (Å²) in [7, 11) is 2.31. The Morgan fingerprint density at radius 1 is 1.29 bits per heavy atom. The highest BCUT2D eigenvalue weighted by atomic mass is 16.5. The summed E-state index contributed by atoms with van der Waals surface area (Å²) in [6, 6.07) is 0. The molecule has 1 aliphatic rings. The van der Waals surface area contributed by atoms with E-state index in [1.807, 2.05) is 0 Å². The first-order chi connectivity index (χ1) is 6.56. The first-order valence-electron chi connectivity index (χ1n) is 3.95. The molecule has 0 saturated carbocycles. The Balaban J connectivity index is 3.05. The minimum atomic E-state index is -1.57. The van der Waals surface area contributed by atoms with Crippen LogP contribution in [0.3, 0.4) is 0 Å². The van der Waals surface area contributed by atoms with E-state index in [1.54, 1.807) is 0 Å². The summed E-state index contributed by atoms with van der Waals surface area (Å²) in [6.45, 7) is 0. The third-order valence-electron chi connectivity index (χ3n) is 2.11. The molecule has 0 unspecified atom stereocenters. The van der Waals surface area contributed by atoms with Gasteiger partial charge in [-0.05, 0) is 6.08 Å². The minimum Gasteiger partial charge on any atom is -0.468 e. The Hall–Kier alpha value is -1.65. The van der Waals surface area contributed by atoms with E-state index in [1.165, 1.54) is 12.2 Å². The van der Waals surface area contributed by atoms with E-state index in [0.29, 0.717) is 0 Å². The lowest BCUT2D eigenvalue weighted by Crippen LogP contribution is -2.38. The van der Waals surface area contributed by atoms with Gasteiger partial charge in [-0.25, -0.2) is 0 Å². The van der Waals surface area contributed by atoms with Crippen LogP contribution >= 0.6 is 0 Å². The van der Waals surface area contributed by atoms with Gasteiger partial charge in [0.05, 0.1) is 14.2 Å². The molecule has 14 heavy (non-hydrogen) atoms. The van der Waals surface area contributed by atoms with Crippen LogP contribution in [-0.2, 0) is 23.9 Å². The van der Waals surface area contributed by atoms with Gasteiger partial charge in [-0.1, -0.05) is 6.08 Å². The van der Waals surface area contributed by atoms with Crippen molar-refractivity contribution in [2.75, 3.05) is 14.2 Å². The molecular weight excluding hydrogens is 188 g/mol. The molecule has 1 aliphatic carbocycles. The van der Waals surface area contributed by atoms with Crippen LogP contribution in [0.1, 0.15) is 6.42 Å². The predicted octanol–water partition coefficient (Wildman–Crippen LogP) is -0.152. The lowest BCUT2D eigenvalue weighted by Gasteiger charge is -2.19. The van der Waals surface area contributed by atoms with E-state index >= 15 is 0 Å². The SMILES string of the molecule is COC(=O)C1(C(=O)OC)C=CC(=O)C1. The standard InChI is InChI=1S/C9H10O5/c1-13-7(11)9(8(12)14-2)4-3-6(10)5-9/h3-4H,5H2,1-2H3. The van der Waals surface area contributed by atoms with Crippen LogP contribution in [0.4, 0.5) is 0 Å². The molecule has 0 fully saturated rings. The zero-order valence-corrected chi connectivity index (χ0v) is 7.90. The number of carbonyl (C=O) groups excluding carboxylic acids is 3. The fraction of sp³-hybridized carbons (Fsp3) is 0.444. The second-order valence-electron chi connectivity index (χ2n) is 2.93. The van der Waals surface area contributed by atoms with Crippen molar-refractivity contribution in [1.29, 1.82) is 0 Å². The lowest BCUT2D eigenvalue weighted by atomic mass is 9.87. The number of ketones is 1. The van der Waals surface area contributed by atoms with Crippen LogP contribution in [0.25, 0.3) is 0 Å². The molecule has 0 aromatic carbocycles. The van der Waals surface area contributed by atoms with Gasteiger partial charge in [-0.3, -0.25) is 14.4 Å². The Bertz CT molecular complexity index is 299. The highest BCUT2D eigenvalue weighted by Crippen LogP contribution is 2.32. The monoisotopic (exact) mass is 198 g/mol. The van der Waals surface area contributed by atoms with Crippen molar-refractivity contribution in [3.63, 3.8) is 0 Å². The van der Waals surface area contributed by atoms with Gasteiger partial charge >= 0.3 is 11.9 Å². The van der Waals surface area contributed by atoms with Crippen molar-refractivity contribution in [3.8, 4) is 0 Å². The van der Waals surface area contributed by atoms with Crippen molar-refractivity contribution in [1.82, 2.24) is 0 Å². The highest BCUT2D eigenvalue weighted by Gasteiger charge is 2.50. The van der Waals surface area contributed by atoms with Crippen LogP contribution in [0.2, 0.25) is 0 Å². The fourth-order valence-corrected chi connectivity index (χ4v) is 1.36. The Labute approximate surface area is 80.7 Å². The number of allylic oxidation sites excluding steroid dienone is 1. The van der Waals surface area contributed by atoms with Crippen LogP contribution in [0.5, 0.6) is 0 Å². The van der Waals surface area contributed by atoms with E-state index < -0.39 is 17.4 Å². The molecule has 0 spiro atoms. The molecule has 5 nitrogen and oxygen atoms in total. The lowest BCUT2D eigenvalue weighted by molar-refractivity contribution is -0.165. The molecule has 5 heteroatoms. The first kappa shape index (κ1) is 10.4. The average Bonchev–Trinajstić information content (AvgIpc) is 2.59. The molecule has 0 aromatic heterocycles. The van der Waals surface area contributed by atoms with Crippen molar-refractivity contribution in [2.24, 2.45) is 5.41 Å². The second-order valence-corrected chi connectivity index (χ2v) is 2.93. The molecule has 0 heterocycles. The van der Waals surface area contributed by atoms with E-state index in [2.05, 4.69) is 9.47 Å². The zero-order valence-electron chi connectivity index (χ0n) is 7.90. The second kappa shape index (κ2) is 3.61. The van der Waals surface area contributed by atoms with E-state index in [4.69, 9.17) is 0 Å². The molecule has 0 atom stereocenters. The summed E-state index contributed by atoms with van der Waals surface area (Å²) in [5.41, 5.74) is -1.57. The molecule has 0 N–H and O–H groups in total. The van der Waals surface area contributed by atoms with Crippen LogP contribution in [-0.4, -0.2) is 31.9 Å². The van der Waals surface area contributed by atoms with Gasteiger partial charge in [0.15, 0.2) is 11.2 Å². The summed E-state index contributed by atoms with van der Waals surface area (Å²) in [4.78, 5) is 33.7. The van der Waals surface area contributed by atoms with E-state index in [0.717, 1.165) is 14.2 Å². The Morgan fingerprint density at radius 2 is 1.79 bits per heavy atom. The van der Waals surface area contributed by atoms with Gasteiger partial charge in [0.25, 0.3) is 0 Å². The molecule has 1 rings (SSSR count). The van der Waals surface area contributed by atoms with Gasteiger partial charge in [-0.2, -0.15) is 0 Å². The molecular formula is C9H10O5. The molecule has 0 saturated heterocycles. The highest BCUT2D eigenvalue weighted by molar-refractivity contribution is 6.11. The van der Waals surface area contributed by atoms with Crippen molar-refractivity contribution in [3.05, 3.63) is 12.2 Å². The molecule has 0 aromatic rings. The number of ether oxygens (including phenoxy) is 2. The third kappa shape index (κ3) is 1.41. The van der Waals surface area contributed by atoms with Gasteiger partial charge in [-0.15, -0.1) is 0 Å². The van der Waals surface area contributed by atoms with Crippen molar-refractivity contribution in [2.45, 2.75) is 6.42 Å². The topological polar surface area (TPSA) is 69.7 Å². The normalized spacial score (nSPS) is 18.0. The molecule has 0 amide bonds. The van der Waals surface area contributed by atoms with E-state index in [-0.39, 0.29) is 12.2 Å². The van der Waals surface area contributed by atoms with Crippen LogP contribution in [0, 0.1) is 5.41 Å². The van der Waals surface area contributed by atoms with Crippen molar-refractivity contribution < 1.29 is 23.9 Å². The summed E-state index contributed by atoms with van der Waals surface area (Å²) >= 11 is 0. The summed E-state index contributed by atoms with van der Waals surface area (Å²) in [5, 5.41) is 0. The number of rotatable bonds is 2. The zero-order chi connectivity index (χ0) is 10.8. The number of hydrogen-bond donors (Lipinski definition) is 0.